The van der Waals surface area contributed by atoms with Gasteiger partial charge in [0, 0.05) is 36.9 Å². The number of carbonyl (C=O) groups is 3. The van der Waals surface area contributed by atoms with Gasteiger partial charge in [-0.15, -0.1) is 0 Å². The summed E-state index contributed by atoms with van der Waals surface area (Å²) in [5.74, 6) is -0.643. The number of aromatic amines is 1. The topological polar surface area (TPSA) is 97.5 Å². The van der Waals surface area contributed by atoms with Crippen LogP contribution in [-0.4, -0.2) is 53.4 Å². The van der Waals surface area contributed by atoms with E-state index >= 15 is 0 Å². The summed E-state index contributed by atoms with van der Waals surface area (Å²) in [6.07, 6.45) is 4.26. The Labute approximate surface area is 184 Å². The van der Waals surface area contributed by atoms with Gasteiger partial charge in [0.05, 0.1) is 17.3 Å². The average Bonchev–Trinajstić information content (AvgIpc) is 3.35. The number of hydrogen-bond acceptors (Lipinski definition) is 4. The van der Waals surface area contributed by atoms with Gasteiger partial charge >= 0.3 is 6.03 Å². The number of benzene rings is 2. The van der Waals surface area contributed by atoms with Gasteiger partial charge in [0.1, 0.15) is 6.04 Å². The zero-order chi connectivity index (χ0) is 22.2. The highest BCUT2D eigenvalue weighted by atomic mass is 16.2. The van der Waals surface area contributed by atoms with E-state index in [1.165, 1.54) is 0 Å². The molecular weight excluding hydrogens is 406 g/mol. The van der Waals surface area contributed by atoms with E-state index in [1.807, 2.05) is 36.5 Å². The molecule has 8 heteroatoms. The van der Waals surface area contributed by atoms with Crippen molar-refractivity contribution < 1.29 is 14.4 Å². The lowest BCUT2D eigenvalue weighted by Gasteiger charge is -2.37. The van der Waals surface area contributed by atoms with Gasteiger partial charge in [0.2, 0.25) is 0 Å². The van der Waals surface area contributed by atoms with Crippen molar-refractivity contribution in [3.63, 3.8) is 0 Å². The molecule has 1 fully saturated rings. The Balaban J connectivity index is 1.27. The predicted octanol–water partition coefficient (Wildman–Crippen LogP) is 2.15. The number of fused-ring (bicyclic) bond motifs is 2. The first-order chi connectivity index (χ1) is 15.5. The van der Waals surface area contributed by atoms with Crippen LogP contribution >= 0.6 is 0 Å². The molecule has 0 aliphatic carbocycles. The van der Waals surface area contributed by atoms with Crippen LogP contribution in [-0.2, 0) is 16.0 Å². The van der Waals surface area contributed by atoms with Crippen LogP contribution in [0.2, 0.25) is 0 Å². The van der Waals surface area contributed by atoms with Crippen LogP contribution in [0.25, 0.3) is 10.9 Å². The summed E-state index contributed by atoms with van der Waals surface area (Å²) in [6, 6.07) is 14.9. The molecule has 0 bridgehead atoms. The summed E-state index contributed by atoms with van der Waals surface area (Å²) in [5, 5.41) is 6.90. The van der Waals surface area contributed by atoms with E-state index in [1.54, 1.807) is 42.4 Å². The quantitative estimate of drug-likeness (QED) is 0.579. The maximum Gasteiger partial charge on any atom is 0.329 e. The summed E-state index contributed by atoms with van der Waals surface area (Å²) >= 11 is 0. The molecule has 2 aromatic carbocycles. The molecule has 2 atom stereocenters. The Morgan fingerprint density at radius 1 is 1.06 bits per heavy atom. The number of likely N-dealkylation sites (N-methyl/N-ethyl adjacent to an activating group) is 1. The Morgan fingerprint density at radius 3 is 2.62 bits per heavy atom. The second kappa shape index (κ2) is 7.88. The molecule has 162 valence electrons. The number of nitrogens with one attached hydrogen (secondary N) is 3. The van der Waals surface area contributed by atoms with Gasteiger partial charge in [-0.25, -0.2) is 9.69 Å². The van der Waals surface area contributed by atoms with Crippen molar-refractivity contribution in [2.75, 3.05) is 18.5 Å². The second-order valence-electron chi connectivity index (χ2n) is 8.00. The van der Waals surface area contributed by atoms with Crippen molar-refractivity contribution in [1.82, 2.24) is 20.5 Å². The van der Waals surface area contributed by atoms with Crippen LogP contribution in [0, 0.1) is 0 Å². The van der Waals surface area contributed by atoms with Crippen molar-refractivity contribution in [3.8, 4) is 0 Å². The Bertz CT molecular complexity index is 1230. The minimum absolute atomic E-state index is 0.287. The first-order valence-corrected chi connectivity index (χ1v) is 10.5. The third kappa shape index (κ3) is 3.30. The minimum Gasteiger partial charge on any atom is -0.366 e. The molecule has 2 unspecified atom stereocenters. The molecule has 3 heterocycles. The third-order valence-corrected chi connectivity index (χ3v) is 6.02. The number of nitrogens with zero attached hydrogens (tertiary/aromatic N) is 2. The highest BCUT2D eigenvalue weighted by Gasteiger charge is 2.49. The van der Waals surface area contributed by atoms with Crippen LogP contribution in [0.5, 0.6) is 0 Å². The van der Waals surface area contributed by atoms with Crippen LogP contribution in [0.15, 0.2) is 72.6 Å². The minimum atomic E-state index is -0.687. The van der Waals surface area contributed by atoms with Gasteiger partial charge in [0.25, 0.3) is 11.8 Å². The monoisotopic (exact) mass is 429 g/mol. The number of imide groups is 1. The molecule has 2 aliphatic rings. The van der Waals surface area contributed by atoms with Crippen LogP contribution < -0.4 is 15.5 Å². The molecule has 32 heavy (non-hydrogen) atoms. The maximum absolute atomic E-state index is 13.1. The molecule has 0 spiro atoms. The number of para-hydroxylation sites is 2. The van der Waals surface area contributed by atoms with Crippen LogP contribution in [0.1, 0.15) is 5.56 Å². The molecule has 8 nitrogen and oxygen atoms in total. The Kier molecular flexibility index (Phi) is 4.89. The van der Waals surface area contributed by atoms with Gasteiger partial charge in [-0.05, 0) is 30.2 Å². The lowest BCUT2D eigenvalue weighted by Crippen LogP contribution is -2.65. The van der Waals surface area contributed by atoms with E-state index in [2.05, 4.69) is 15.6 Å². The average molecular weight is 429 g/mol. The molecule has 1 aromatic heterocycles. The SMILES string of the molecule is CN1C=C(C(=O)NCCc2c[nH]c3ccccc23)C2NC(=O)N(c3ccccc3)C(=O)C21. The van der Waals surface area contributed by atoms with Gasteiger partial charge < -0.3 is 20.5 Å². The third-order valence-electron chi connectivity index (χ3n) is 6.02. The zero-order valence-electron chi connectivity index (χ0n) is 17.5. The number of carbonyl (C=O) groups excluding carboxylic acids is 3. The van der Waals surface area contributed by atoms with E-state index in [0.717, 1.165) is 21.4 Å². The molecule has 2 aliphatic heterocycles. The van der Waals surface area contributed by atoms with Gasteiger partial charge in [0.15, 0.2) is 0 Å². The van der Waals surface area contributed by atoms with Crippen molar-refractivity contribution in [2.45, 2.75) is 18.5 Å². The van der Waals surface area contributed by atoms with Gasteiger partial charge in [-0.3, -0.25) is 9.59 Å². The lowest BCUT2D eigenvalue weighted by atomic mass is 9.99. The first kappa shape index (κ1) is 19.9. The zero-order valence-corrected chi connectivity index (χ0v) is 17.5. The predicted molar refractivity (Wildman–Crippen MR) is 121 cm³/mol. The molecule has 3 N–H and O–H groups in total. The molecule has 0 radical (unpaired) electrons. The summed E-state index contributed by atoms with van der Waals surface area (Å²) in [5.41, 5.74) is 3.06. The van der Waals surface area contributed by atoms with E-state index in [4.69, 9.17) is 0 Å². The largest absolute Gasteiger partial charge is 0.366 e. The Morgan fingerprint density at radius 2 is 1.81 bits per heavy atom. The first-order valence-electron chi connectivity index (χ1n) is 10.5. The summed E-state index contributed by atoms with van der Waals surface area (Å²) in [6.45, 7) is 0.442. The fraction of sp³-hybridized carbons (Fsp3) is 0.208. The van der Waals surface area contributed by atoms with Crippen LogP contribution in [0.3, 0.4) is 0 Å². The maximum atomic E-state index is 13.1. The van der Waals surface area contributed by atoms with Crippen molar-refractivity contribution in [2.24, 2.45) is 0 Å². The van der Waals surface area contributed by atoms with Crippen molar-refractivity contribution in [1.29, 1.82) is 0 Å². The molecule has 1 saturated heterocycles. The van der Waals surface area contributed by atoms with E-state index in [0.29, 0.717) is 24.2 Å². The van der Waals surface area contributed by atoms with Crippen LogP contribution in [0.4, 0.5) is 10.5 Å². The summed E-state index contributed by atoms with van der Waals surface area (Å²) in [7, 11) is 1.74. The number of urea groups is 1. The van der Waals surface area contributed by atoms with E-state index in [9.17, 15) is 14.4 Å². The van der Waals surface area contributed by atoms with Crippen molar-refractivity contribution >= 4 is 34.4 Å². The standard InChI is InChI=1S/C24H23N5O3/c1-28-14-18(22(30)25-12-11-15-13-26-19-10-6-5-9-17(15)19)20-21(28)23(31)29(24(32)27-20)16-7-3-2-4-8-16/h2-10,13-14,20-21,26H,11-12H2,1H3,(H,25,30)(H,27,32). The molecular formula is C24H23N5O3. The normalized spacial score (nSPS) is 20.2. The smallest absolute Gasteiger partial charge is 0.329 e. The molecule has 0 saturated carbocycles. The fourth-order valence-electron chi connectivity index (χ4n) is 4.46. The summed E-state index contributed by atoms with van der Waals surface area (Å²) < 4.78 is 0. The lowest BCUT2D eigenvalue weighted by molar-refractivity contribution is -0.122. The number of anilines is 1. The fourth-order valence-corrected chi connectivity index (χ4v) is 4.46. The number of aromatic nitrogens is 1. The molecule has 5 rings (SSSR count). The van der Waals surface area contributed by atoms with Gasteiger partial charge in [-0.2, -0.15) is 0 Å². The highest BCUT2D eigenvalue weighted by molar-refractivity contribution is 6.19. The number of amides is 4. The van der Waals surface area contributed by atoms with E-state index in [-0.39, 0.29) is 11.8 Å². The second-order valence-corrected chi connectivity index (χ2v) is 8.00. The highest BCUT2D eigenvalue weighted by Crippen LogP contribution is 2.29. The molecule has 4 amide bonds. The number of hydrogen-bond donors (Lipinski definition) is 3. The van der Waals surface area contributed by atoms with E-state index < -0.39 is 18.1 Å². The van der Waals surface area contributed by atoms with Crippen molar-refractivity contribution in [3.05, 3.63) is 78.1 Å². The number of H-pyrrole nitrogens is 1. The summed E-state index contributed by atoms with van der Waals surface area (Å²) in [4.78, 5) is 44.8. The van der Waals surface area contributed by atoms with Gasteiger partial charge in [-0.1, -0.05) is 36.4 Å². The number of rotatable bonds is 5. The Hall–Kier alpha value is -4.07. The molecule has 3 aromatic rings.